The number of benzene rings is 3. The molecule has 0 radical (unpaired) electrons. The smallest absolute Gasteiger partial charge is 0.211 e. The molecule has 2 heterocycles. The monoisotopic (exact) mass is 476 g/mol. The first-order chi connectivity index (χ1) is 16.4. The Morgan fingerprint density at radius 3 is 2.32 bits per heavy atom. The quantitative estimate of drug-likeness (QED) is 0.445. The third-order valence-corrected chi connectivity index (χ3v) is 7.42. The number of piperazine rings is 1. The standard InChI is InChI=1S/C26H25FN4O2S/c1-34(32,33)31-15-13-30(14-16-31)23-8-6-22(7-9-23)29-26-11-12-28-25-10-5-20(18-24(25)26)19-3-2-4-21(27)17-19/h2-12,17-18H,13-16H2,1H3,(H,28,29). The van der Waals surface area contributed by atoms with Crippen LogP contribution in [0.15, 0.2) is 79.0 Å². The van der Waals surface area contributed by atoms with Gasteiger partial charge in [-0.15, -0.1) is 0 Å². The number of fused-ring (bicyclic) bond motifs is 1. The molecule has 8 heteroatoms. The number of aromatic nitrogens is 1. The zero-order chi connectivity index (χ0) is 23.7. The van der Waals surface area contributed by atoms with Crippen LogP contribution in [-0.2, 0) is 10.0 Å². The first-order valence-electron chi connectivity index (χ1n) is 11.1. The second-order valence-corrected chi connectivity index (χ2v) is 10.4. The Bertz CT molecular complexity index is 1430. The van der Waals surface area contributed by atoms with Crippen LogP contribution in [0.25, 0.3) is 22.0 Å². The Morgan fingerprint density at radius 1 is 0.882 bits per heavy atom. The molecule has 0 aliphatic carbocycles. The van der Waals surface area contributed by atoms with Crippen molar-refractivity contribution in [1.82, 2.24) is 9.29 Å². The molecule has 1 aliphatic heterocycles. The predicted octanol–water partition coefficient (Wildman–Crippen LogP) is 4.87. The van der Waals surface area contributed by atoms with Crippen LogP contribution in [0.2, 0.25) is 0 Å². The molecule has 0 amide bonds. The maximum Gasteiger partial charge on any atom is 0.211 e. The molecule has 4 aromatic rings. The minimum atomic E-state index is -3.14. The van der Waals surface area contributed by atoms with E-state index in [2.05, 4.69) is 15.2 Å². The van der Waals surface area contributed by atoms with Crippen molar-refractivity contribution in [2.75, 3.05) is 42.7 Å². The lowest BCUT2D eigenvalue weighted by molar-refractivity contribution is 0.388. The van der Waals surface area contributed by atoms with E-state index in [4.69, 9.17) is 0 Å². The molecule has 3 aromatic carbocycles. The molecule has 1 aromatic heterocycles. The number of pyridine rings is 1. The summed E-state index contributed by atoms with van der Waals surface area (Å²) in [6, 6.07) is 22.5. The van der Waals surface area contributed by atoms with Crippen molar-refractivity contribution >= 4 is 38.0 Å². The molecule has 174 valence electrons. The van der Waals surface area contributed by atoms with Crippen LogP contribution >= 0.6 is 0 Å². The Balaban J connectivity index is 1.36. The highest BCUT2D eigenvalue weighted by Gasteiger charge is 2.23. The molecular weight excluding hydrogens is 451 g/mol. The molecule has 1 aliphatic rings. The van der Waals surface area contributed by atoms with Crippen LogP contribution in [0.1, 0.15) is 0 Å². The maximum absolute atomic E-state index is 13.7. The van der Waals surface area contributed by atoms with Crippen molar-refractivity contribution in [1.29, 1.82) is 0 Å². The molecule has 0 unspecified atom stereocenters. The number of sulfonamides is 1. The number of halogens is 1. The number of hydrogen-bond acceptors (Lipinski definition) is 5. The molecule has 5 rings (SSSR count). The van der Waals surface area contributed by atoms with E-state index < -0.39 is 10.0 Å². The fourth-order valence-electron chi connectivity index (χ4n) is 4.29. The van der Waals surface area contributed by atoms with Gasteiger partial charge in [-0.2, -0.15) is 4.31 Å². The van der Waals surface area contributed by atoms with Gasteiger partial charge >= 0.3 is 0 Å². The zero-order valence-electron chi connectivity index (χ0n) is 18.8. The third-order valence-electron chi connectivity index (χ3n) is 6.12. The fourth-order valence-corrected chi connectivity index (χ4v) is 5.12. The Morgan fingerprint density at radius 2 is 1.62 bits per heavy atom. The largest absolute Gasteiger partial charge is 0.369 e. The van der Waals surface area contributed by atoms with Crippen LogP contribution in [0.5, 0.6) is 0 Å². The molecule has 1 fully saturated rings. The van der Waals surface area contributed by atoms with E-state index in [0.29, 0.717) is 26.2 Å². The van der Waals surface area contributed by atoms with Crippen LogP contribution in [0.4, 0.5) is 21.5 Å². The summed E-state index contributed by atoms with van der Waals surface area (Å²) in [7, 11) is -3.14. The zero-order valence-corrected chi connectivity index (χ0v) is 19.6. The summed E-state index contributed by atoms with van der Waals surface area (Å²) in [6.45, 7) is 2.32. The lowest BCUT2D eigenvalue weighted by atomic mass is 10.0. The van der Waals surface area contributed by atoms with Gasteiger partial charge in [0, 0.05) is 54.8 Å². The molecule has 0 atom stereocenters. The Kier molecular flexibility index (Phi) is 5.93. The Labute approximate surface area is 198 Å². The number of anilines is 3. The van der Waals surface area contributed by atoms with Gasteiger partial charge in [0.2, 0.25) is 10.0 Å². The fraction of sp³-hybridized carbons (Fsp3) is 0.192. The van der Waals surface area contributed by atoms with Gasteiger partial charge in [0.25, 0.3) is 0 Å². The second-order valence-electron chi connectivity index (χ2n) is 8.42. The second kappa shape index (κ2) is 9.04. The van der Waals surface area contributed by atoms with E-state index in [-0.39, 0.29) is 5.82 Å². The molecule has 0 saturated carbocycles. The van der Waals surface area contributed by atoms with Gasteiger partial charge < -0.3 is 10.2 Å². The summed E-state index contributed by atoms with van der Waals surface area (Å²) < 4.78 is 38.7. The summed E-state index contributed by atoms with van der Waals surface area (Å²) in [6.07, 6.45) is 3.02. The average Bonchev–Trinajstić information content (AvgIpc) is 2.84. The highest BCUT2D eigenvalue weighted by molar-refractivity contribution is 7.88. The van der Waals surface area contributed by atoms with E-state index in [1.165, 1.54) is 22.7 Å². The van der Waals surface area contributed by atoms with E-state index in [1.54, 1.807) is 12.3 Å². The minimum Gasteiger partial charge on any atom is -0.369 e. The average molecular weight is 477 g/mol. The van der Waals surface area contributed by atoms with Crippen LogP contribution in [0.3, 0.4) is 0 Å². The normalized spacial score (nSPS) is 14.9. The molecule has 6 nitrogen and oxygen atoms in total. The van der Waals surface area contributed by atoms with Gasteiger partial charge in [0.15, 0.2) is 0 Å². The lowest BCUT2D eigenvalue weighted by Gasteiger charge is -2.34. The van der Waals surface area contributed by atoms with Crippen LogP contribution in [0, 0.1) is 5.82 Å². The highest BCUT2D eigenvalue weighted by atomic mass is 32.2. The third kappa shape index (κ3) is 4.73. The number of rotatable bonds is 5. The Hall–Kier alpha value is -3.49. The van der Waals surface area contributed by atoms with Gasteiger partial charge in [0.05, 0.1) is 11.8 Å². The van der Waals surface area contributed by atoms with E-state index in [9.17, 15) is 12.8 Å². The van der Waals surface area contributed by atoms with Crippen molar-refractivity contribution < 1.29 is 12.8 Å². The first-order valence-corrected chi connectivity index (χ1v) is 12.9. The summed E-state index contributed by atoms with van der Waals surface area (Å²) in [5, 5.41) is 4.42. The minimum absolute atomic E-state index is 0.264. The summed E-state index contributed by atoms with van der Waals surface area (Å²) in [4.78, 5) is 6.66. The molecule has 0 bridgehead atoms. The summed E-state index contributed by atoms with van der Waals surface area (Å²) >= 11 is 0. The number of nitrogens with one attached hydrogen (secondary N) is 1. The number of nitrogens with zero attached hydrogens (tertiary/aromatic N) is 3. The van der Waals surface area contributed by atoms with E-state index in [0.717, 1.165) is 39.1 Å². The summed E-state index contributed by atoms with van der Waals surface area (Å²) in [5.74, 6) is -0.264. The summed E-state index contributed by atoms with van der Waals surface area (Å²) in [5.41, 5.74) is 5.50. The van der Waals surface area contributed by atoms with Gasteiger partial charge in [0.1, 0.15) is 5.82 Å². The topological polar surface area (TPSA) is 65.5 Å². The van der Waals surface area contributed by atoms with E-state index in [1.807, 2.05) is 54.6 Å². The van der Waals surface area contributed by atoms with Crippen molar-refractivity contribution in [3.05, 3.63) is 84.8 Å². The lowest BCUT2D eigenvalue weighted by Crippen LogP contribution is -2.48. The first kappa shape index (κ1) is 22.3. The van der Waals surface area contributed by atoms with Crippen molar-refractivity contribution in [2.24, 2.45) is 0 Å². The molecule has 0 spiro atoms. The molecule has 34 heavy (non-hydrogen) atoms. The molecule has 1 saturated heterocycles. The van der Waals surface area contributed by atoms with Gasteiger partial charge in [-0.3, -0.25) is 4.98 Å². The number of hydrogen-bond donors (Lipinski definition) is 1. The van der Waals surface area contributed by atoms with Crippen LogP contribution < -0.4 is 10.2 Å². The molecule has 1 N–H and O–H groups in total. The van der Waals surface area contributed by atoms with Gasteiger partial charge in [-0.1, -0.05) is 18.2 Å². The maximum atomic E-state index is 13.7. The SMILES string of the molecule is CS(=O)(=O)N1CCN(c2ccc(Nc3ccnc4ccc(-c5cccc(F)c5)cc34)cc2)CC1. The van der Waals surface area contributed by atoms with Crippen LogP contribution in [-0.4, -0.2) is 50.1 Å². The van der Waals surface area contributed by atoms with Crippen molar-refractivity contribution in [3.8, 4) is 11.1 Å². The van der Waals surface area contributed by atoms with Crippen molar-refractivity contribution in [3.63, 3.8) is 0 Å². The molecular formula is C26H25FN4O2S. The van der Waals surface area contributed by atoms with E-state index >= 15 is 0 Å². The predicted molar refractivity (Wildman–Crippen MR) is 135 cm³/mol. The van der Waals surface area contributed by atoms with Gasteiger partial charge in [-0.25, -0.2) is 12.8 Å². The van der Waals surface area contributed by atoms with Crippen molar-refractivity contribution in [2.45, 2.75) is 0 Å². The van der Waals surface area contributed by atoms with Gasteiger partial charge in [-0.05, 0) is 65.7 Å². The highest BCUT2D eigenvalue weighted by Crippen LogP contribution is 2.31.